The van der Waals surface area contributed by atoms with Crippen LogP contribution in [0.5, 0.6) is 0 Å². The van der Waals surface area contributed by atoms with Gasteiger partial charge < -0.3 is 0 Å². The summed E-state index contributed by atoms with van der Waals surface area (Å²) in [5, 5.41) is 2.18. The van der Waals surface area contributed by atoms with Crippen molar-refractivity contribution in [2.75, 3.05) is 0 Å². The predicted molar refractivity (Wildman–Crippen MR) is 256 cm³/mol. The first kappa shape index (κ1) is 36.7. The molecule has 11 aromatic rings. The van der Waals surface area contributed by atoms with E-state index < -0.39 is 0 Å². The third-order valence-corrected chi connectivity index (χ3v) is 11.4. The highest BCUT2D eigenvalue weighted by Gasteiger charge is 2.17. The second-order valence-corrected chi connectivity index (χ2v) is 15.4. The molecule has 0 N–H and O–H groups in total. The van der Waals surface area contributed by atoms with Gasteiger partial charge in [-0.1, -0.05) is 176 Å². The third-order valence-electron chi connectivity index (χ3n) is 11.4. The molecule has 0 unspecified atom stereocenters. The quantitative estimate of drug-likeness (QED) is 0.154. The van der Waals surface area contributed by atoms with E-state index >= 15 is 0 Å². The van der Waals surface area contributed by atoms with Crippen LogP contribution in [0.4, 0.5) is 0 Å². The molecule has 0 aliphatic heterocycles. The Morgan fingerprint density at radius 2 is 0.484 bits per heavy atom. The number of nitrogens with zero attached hydrogens (tertiary/aromatic N) is 4. The van der Waals surface area contributed by atoms with Gasteiger partial charge in [-0.05, 0) is 76.9 Å². The van der Waals surface area contributed by atoms with Crippen LogP contribution in [0.25, 0.3) is 112 Å². The first-order chi connectivity index (χ1) is 30.7. The maximum Gasteiger partial charge on any atom is 0.0715 e. The highest BCUT2D eigenvalue weighted by Crippen LogP contribution is 2.39. The van der Waals surface area contributed by atoms with Crippen LogP contribution in [0.15, 0.2) is 231 Å². The van der Waals surface area contributed by atoms with Crippen molar-refractivity contribution >= 4 is 21.8 Å². The van der Waals surface area contributed by atoms with E-state index in [1.54, 1.807) is 0 Å². The monoisotopic (exact) mass is 790 g/mol. The molecule has 0 bridgehead atoms. The molecule has 0 amide bonds. The fourth-order valence-electron chi connectivity index (χ4n) is 8.36. The molecule has 0 atom stereocenters. The number of aromatic nitrogens is 4. The Labute approximate surface area is 360 Å². The summed E-state index contributed by atoms with van der Waals surface area (Å²) in [6.45, 7) is 0. The molecular weight excluding hydrogens is 753 g/mol. The van der Waals surface area contributed by atoms with Crippen molar-refractivity contribution in [2.24, 2.45) is 0 Å². The Bertz CT molecular complexity index is 3160. The molecule has 0 saturated heterocycles. The third kappa shape index (κ3) is 7.20. The van der Waals surface area contributed by atoms with Gasteiger partial charge in [-0.2, -0.15) is 0 Å². The lowest BCUT2D eigenvalue weighted by Crippen LogP contribution is -1.95. The van der Waals surface area contributed by atoms with E-state index in [4.69, 9.17) is 19.9 Å². The predicted octanol–water partition coefficient (Wildman–Crippen LogP) is 14.9. The Morgan fingerprint density at radius 3 is 0.855 bits per heavy atom. The first-order valence-corrected chi connectivity index (χ1v) is 20.9. The SMILES string of the molecule is c1ccc(-c2cc(-c3cc(-c4ccccc4)nc4ccccc34)cc(-c3cccc(-c4cc(-c5cc(-c6ccccc6)nc6ccccc56)cc(-c5ccccc5)n4)c3)n2)cc1. The van der Waals surface area contributed by atoms with Gasteiger partial charge in [-0.15, -0.1) is 0 Å². The lowest BCUT2D eigenvalue weighted by Gasteiger charge is -2.15. The molecule has 290 valence electrons. The van der Waals surface area contributed by atoms with Crippen LogP contribution in [-0.2, 0) is 0 Å². The minimum atomic E-state index is 0.873. The molecule has 0 fully saturated rings. The van der Waals surface area contributed by atoms with Crippen LogP contribution in [0.2, 0.25) is 0 Å². The van der Waals surface area contributed by atoms with E-state index in [0.29, 0.717) is 0 Å². The number of benzene rings is 7. The van der Waals surface area contributed by atoms with E-state index in [2.05, 4.69) is 206 Å². The molecule has 4 heterocycles. The standard InChI is InChI=1S/C58H38N4/c1-5-18-39(19-6-1)53-33-45(49-37-57(41-22-9-3-10-23-41)59-51-30-15-13-28-47(49)51)35-55(61-53)43-26-17-27-44(32-43)56-36-46(34-54(62-56)40-20-7-2-8-21-40)50-38-58(42-24-11-4-12-25-42)60-52-31-16-14-29-48(50)52/h1-38H. The maximum atomic E-state index is 5.35. The van der Waals surface area contributed by atoms with Crippen LogP contribution < -0.4 is 0 Å². The molecular formula is C58H38N4. The van der Waals surface area contributed by atoms with Crippen LogP contribution in [0.3, 0.4) is 0 Å². The normalized spacial score (nSPS) is 11.2. The highest BCUT2D eigenvalue weighted by molar-refractivity contribution is 5.99. The number of pyridine rings is 4. The van der Waals surface area contributed by atoms with Crippen molar-refractivity contribution in [3.05, 3.63) is 231 Å². The molecule has 4 aromatic heterocycles. The molecule has 4 nitrogen and oxygen atoms in total. The molecule has 0 saturated carbocycles. The van der Waals surface area contributed by atoms with Gasteiger partial charge in [0.15, 0.2) is 0 Å². The summed E-state index contributed by atoms with van der Waals surface area (Å²) in [6.07, 6.45) is 0. The Balaban J connectivity index is 1.09. The molecule has 0 radical (unpaired) electrons. The summed E-state index contributed by atoms with van der Waals surface area (Å²) < 4.78 is 0. The number of hydrogen-bond acceptors (Lipinski definition) is 4. The summed E-state index contributed by atoms with van der Waals surface area (Å²) in [6, 6.07) is 80.3. The van der Waals surface area contributed by atoms with Gasteiger partial charge in [0.25, 0.3) is 0 Å². The molecule has 0 aliphatic carbocycles. The van der Waals surface area contributed by atoms with Gasteiger partial charge >= 0.3 is 0 Å². The molecule has 11 rings (SSSR count). The van der Waals surface area contributed by atoms with Gasteiger partial charge in [-0.3, -0.25) is 0 Å². The van der Waals surface area contributed by atoms with Crippen LogP contribution >= 0.6 is 0 Å². The van der Waals surface area contributed by atoms with Crippen LogP contribution in [-0.4, -0.2) is 19.9 Å². The maximum absolute atomic E-state index is 5.35. The Hall–Kier alpha value is -8.34. The molecule has 4 heteroatoms. The topological polar surface area (TPSA) is 51.6 Å². The van der Waals surface area contributed by atoms with E-state index in [9.17, 15) is 0 Å². The summed E-state index contributed by atoms with van der Waals surface area (Å²) in [5.41, 5.74) is 17.9. The van der Waals surface area contributed by atoms with Crippen molar-refractivity contribution in [1.82, 2.24) is 19.9 Å². The van der Waals surface area contributed by atoms with Gasteiger partial charge in [0.1, 0.15) is 0 Å². The van der Waals surface area contributed by atoms with Gasteiger partial charge in [0, 0.05) is 44.2 Å². The average Bonchev–Trinajstić information content (AvgIpc) is 3.36. The summed E-state index contributed by atoms with van der Waals surface area (Å²) in [7, 11) is 0. The number of hydrogen-bond donors (Lipinski definition) is 0. The highest BCUT2D eigenvalue weighted by atomic mass is 14.7. The minimum absolute atomic E-state index is 0.873. The lowest BCUT2D eigenvalue weighted by molar-refractivity contribution is 1.31. The van der Waals surface area contributed by atoms with Gasteiger partial charge in [0.05, 0.1) is 45.2 Å². The molecule has 7 aromatic carbocycles. The van der Waals surface area contributed by atoms with E-state index in [1.165, 1.54) is 0 Å². The Morgan fingerprint density at radius 1 is 0.194 bits per heavy atom. The number of para-hydroxylation sites is 2. The fraction of sp³-hybridized carbons (Fsp3) is 0. The number of fused-ring (bicyclic) bond motifs is 2. The smallest absolute Gasteiger partial charge is 0.0715 e. The van der Waals surface area contributed by atoms with Gasteiger partial charge in [0.2, 0.25) is 0 Å². The van der Waals surface area contributed by atoms with E-state index in [1.807, 2.05) is 24.3 Å². The second-order valence-electron chi connectivity index (χ2n) is 15.4. The van der Waals surface area contributed by atoms with E-state index in [0.717, 1.165) is 112 Å². The fourth-order valence-corrected chi connectivity index (χ4v) is 8.36. The summed E-state index contributed by atoms with van der Waals surface area (Å²) in [5.74, 6) is 0. The Kier molecular flexibility index (Phi) is 9.49. The zero-order valence-corrected chi connectivity index (χ0v) is 33.7. The molecule has 62 heavy (non-hydrogen) atoms. The number of rotatable bonds is 8. The lowest BCUT2D eigenvalue weighted by atomic mass is 9.94. The minimum Gasteiger partial charge on any atom is -0.248 e. The average molecular weight is 791 g/mol. The largest absolute Gasteiger partial charge is 0.248 e. The van der Waals surface area contributed by atoms with E-state index in [-0.39, 0.29) is 0 Å². The summed E-state index contributed by atoms with van der Waals surface area (Å²) in [4.78, 5) is 20.9. The van der Waals surface area contributed by atoms with Crippen LogP contribution in [0, 0.1) is 0 Å². The second kappa shape index (κ2) is 16.0. The van der Waals surface area contributed by atoms with Crippen molar-refractivity contribution in [3.8, 4) is 89.8 Å². The van der Waals surface area contributed by atoms with Crippen molar-refractivity contribution < 1.29 is 0 Å². The molecule has 0 aliphatic rings. The molecule has 0 spiro atoms. The zero-order valence-electron chi connectivity index (χ0n) is 33.7. The van der Waals surface area contributed by atoms with Crippen molar-refractivity contribution in [2.45, 2.75) is 0 Å². The first-order valence-electron chi connectivity index (χ1n) is 20.9. The summed E-state index contributed by atoms with van der Waals surface area (Å²) >= 11 is 0. The van der Waals surface area contributed by atoms with Crippen molar-refractivity contribution in [3.63, 3.8) is 0 Å². The van der Waals surface area contributed by atoms with Gasteiger partial charge in [-0.25, -0.2) is 19.9 Å². The van der Waals surface area contributed by atoms with Crippen molar-refractivity contribution in [1.29, 1.82) is 0 Å². The zero-order chi connectivity index (χ0) is 41.2. The van der Waals surface area contributed by atoms with Crippen LogP contribution in [0.1, 0.15) is 0 Å².